The molecule has 2 aromatic rings. The minimum absolute atomic E-state index is 0.128. The smallest absolute Gasteiger partial charge is 0.503 e. The Balaban J connectivity index is 2.48. The monoisotopic (exact) mass is 362 g/mol. The van der Waals surface area contributed by atoms with E-state index in [0.717, 1.165) is 41.2 Å². The molecule has 2 rings (SSSR count). The average Bonchev–Trinajstić information content (AvgIpc) is 3.23. The van der Waals surface area contributed by atoms with Crippen molar-refractivity contribution >= 4 is 19.0 Å². The highest BCUT2D eigenvalue weighted by Gasteiger charge is 2.25. The van der Waals surface area contributed by atoms with Crippen LogP contribution in [0.2, 0.25) is 0 Å². The summed E-state index contributed by atoms with van der Waals surface area (Å²) in [6.07, 6.45) is 7.65. The molecule has 0 aliphatic rings. The van der Waals surface area contributed by atoms with E-state index in [9.17, 15) is 13.4 Å². The molecule has 0 fully saturated rings. The summed E-state index contributed by atoms with van der Waals surface area (Å²) in [4.78, 5) is 18.7. The van der Waals surface area contributed by atoms with Gasteiger partial charge in [-0.2, -0.15) is 0 Å². The van der Waals surface area contributed by atoms with Crippen LogP contribution in [0, 0.1) is 0 Å². The van der Waals surface area contributed by atoms with E-state index in [2.05, 4.69) is 9.97 Å². The Morgan fingerprint density at radius 3 is 1.92 bits per heavy atom. The van der Waals surface area contributed by atoms with Gasteiger partial charge in [0, 0.05) is 18.5 Å². The van der Waals surface area contributed by atoms with E-state index in [-0.39, 0.29) is 11.5 Å². The van der Waals surface area contributed by atoms with Crippen molar-refractivity contribution in [2.24, 2.45) is 0 Å². The van der Waals surface area contributed by atoms with Crippen LogP contribution >= 0.6 is 0 Å². The maximum Gasteiger partial charge on any atom is 0.796 e. The van der Waals surface area contributed by atoms with Gasteiger partial charge in [-0.1, -0.05) is 27.7 Å². The van der Waals surface area contributed by atoms with Crippen molar-refractivity contribution in [3.8, 4) is 0 Å². The van der Waals surface area contributed by atoms with Crippen LogP contribution in [-0.4, -0.2) is 23.2 Å². The number of H-pyrrole nitrogens is 2. The van der Waals surface area contributed by atoms with Crippen LogP contribution in [0.15, 0.2) is 18.5 Å². The molecule has 140 valence electrons. The van der Waals surface area contributed by atoms with Crippen molar-refractivity contribution in [3.05, 3.63) is 52.1 Å². The quantitative estimate of drug-likeness (QED) is 0.293. The Hall–Kier alpha value is -2.31. The number of aryl methyl sites for hydroxylation is 2. The molecule has 0 aliphatic carbocycles. The number of ketones is 1. The highest BCUT2D eigenvalue weighted by Crippen LogP contribution is 2.26. The molecule has 2 N–H and O–H groups in total. The zero-order chi connectivity index (χ0) is 19.3. The first kappa shape index (κ1) is 20.0. The first-order valence-electron chi connectivity index (χ1n) is 9.06. The Morgan fingerprint density at radius 1 is 0.962 bits per heavy atom. The first-order valence-corrected chi connectivity index (χ1v) is 9.06. The van der Waals surface area contributed by atoms with Gasteiger partial charge < -0.3 is 14.6 Å². The molecule has 0 aliphatic heterocycles. The van der Waals surface area contributed by atoms with Crippen LogP contribution in [0.1, 0.15) is 66.1 Å². The van der Waals surface area contributed by atoms with Gasteiger partial charge in [-0.15, -0.1) is 0 Å². The zero-order valence-electron chi connectivity index (χ0n) is 15.7. The Bertz CT molecular complexity index is 794. The molecule has 0 saturated heterocycles. The summed E-state index contributed by atoms with van der Waals surface area (Å²) in [7, 11) is -3.01. The lowest BCUT2D eigenvalue weighted by molar-refractivity contribution is 0.104. The summed E-state index contributed by atoms with van der Waals surface area (Å²) >= 11 is 0. The summed E-state index contributed by atoms with van der Waals surface area (Å²) in [5.41, 5.74) is 4.77. The number of halogens is 2. The highest BCUT2D eigenvalue weighted by molar-refractivity contribution is 6.36. The van der Waals surface area contributed by atoms with Crippen molar-refractivity contribution in [2.75, 3.05) is 0 Å². The van der Waals surface area contributed by atoms with Gasteiger partial charge in [0.05, 0.1) is 11.4 Å². The third-order valence-electron chi connectivity index (χ3n) is 4.60. The van der Waals surface area contributed by atoms with Crippen LogP contribution in [0.5, 0.6) is 0 Å². The van der Waals surface area contributed by atoms with E-state index < -0.39 is 7.47 Å². The van der Waals surface area contributed by atoms with Gasteiger partial charge in [0.15, 0.2) is 0 Å². The molecule has 0 atom stereocenters. The third-order valence-corrected chi connectivity index (χ3v) is 4.60. The molecule has 0 amide bonds. The predicted molar refractivity (Wildman–Crippen MR) is 100 cm³/mol. The van der Waals surface area contributed by atoms with Gasteiger partial charge in [0.2, 0.25) is 5.78 Å². The maximum atomic E-state index is 13.0. The van der Waals surface area contributed by atoms with Crippen molar-refractivity contribution < 1.29 is 18.1 Å². The molecule has 0 aromatic carbocycles. The van der Waals surface area contributed by atoms with E-state index in [0.29, 0.717) is 24.2 Å². The summed E-state index contributed by atoms with van der Waals surface area (Å²) in [5, 5.41) is 0. The van der Waals surface area contributed by atoms with Gasteiger partial charge in [-0.3, -0.25) is 4.79 Å². The van der Waals surface area contributed by atoms with E-state index in [1.165, 1.54) is 0 Å². The van der Waals surface area contributed by atoms with Gasteiger partial charge in [0.1, 0.15) is 5.76 Å². The van der Waals surface area contributed by atoms with Gasteiger partial charge in [-0.25, -0.2) is 8.63 Å². The SMILES string of the molecule is CCc1c[nH]c(C(=O)/C=C(\OB(F)F)c2[nH]cc(CC)c2CC)c1CC. The Kier molecular flexibility index (Phi) is 6.83. The van der Waals surface area contributed by atoms with Crippen molar-refractivity contribution in [1.82, 2.24) is 9.97 Å². The van der Waals surface area contributed by atoms with Crippen LogP contribution < -0.4 is 0 Å². The lowest BCUT2D eigenvalue weighted by Gasteiger charge is -2.10. The second-order valence-corrected chi connectivity index (χ2v) is 6.00. The lowest BCUT2D eigenvalue weighted by Crippen LogP contribution is -2.09. The Labute approximate surface area is 153 Å². The molecule has 7 heteroatoms. The number of hydrogen-bond donors (Lipinski definition) is 2. The van der Waals surface area contributed by atoms with Crippen molar-refractivity contribution in [2.45, 2.75) is 53.4 Å². The fourth-order valence-electron chi connectivity index (χ4n) is 3.32. The predicted octanol–water partition coefficient (Wildman–Crippen LogP) is 4.76. The molecule has 26 heavy (non-hydrogen) atoms. The molecular weight excluding hydrogens is 337 g/mol. The molecule has 2 aromatic heterocycles. The van der Waals surface area contributed by atoms with E-state index in [1.807, 2.05) is 27.7 Å². The van der Waals surface area contributed by atoms with Crippen LogP contribution in [0.4, 0.5) is 8.63 Å². The van der Waals surface area contributed by atoms with Gasteiger partial charge in [0.25, 0.3) is 0 Å². The fourth-order valence-corrected chi connectivity index (χ4v) is 3.32. The second-order valence-electron chi connectivity index (χ2n) is 6.00. The number of hydrogen-bond acceptors (Lipinski definition) is 2. The van der Waals surface area contributed by atoms with Crippen LogP contribution in [0.25, 0.3) is 5.76 Å². The highest BCUT2D eigenvalue weighted by atomic mass is 19.2. The number of allylic oxidation sites excluding steroid dienone is 1. The van der Waals surface area contributed by atoms with E-state index in [4.69, 9.17) is 4.65 Å². The standard InChI is InChI=1S/C19H25BF2N2O2/c1-5-12-10-23-18(14(12)7-3)16(25)9-17(26-20(21)22)19-15(8-4)13(6-2)11-24-19/h9-11,23-24H,5-8H2,1-4H3/b17-9-. The summed E-state index contributed by atoms with van der Waals surface area (Å²) in [6, 6.07) is 0. The normalized spacial score (nSPS) is 11.7. The second kappa shape index (κ2) is 8.87. The molecule has 0 spiro atoms. The largest absolute Gasteiger partial charge is 0.796 e. The fraction of sp³-hybridized carbons (Fsp3) is 0.421. The van der Waals surface area contributed by atoms with Crippen molar-refractivity contribution in [1.29, 1.82) is 0 Å². The summed E-state index contributed by atoms with van der Waals surface area (Å²) in [6.45, 7) is 7.91. The van der Waals surface area contributed by atoms with Gasteiger partial charge >= 0.3 is 7.47 Å². The maximum absolute atomic E-state index is 13.0. The summed E-state index contributed by atoms with van der Waals surface area (Å²) < 4.78 is 30.6. The molecule has 0 bridgehead atoms. The third kappa shape index (κ3) is 4.08. The Morgan fingerprint density at radius 2 is 1.46 bits per heavy atom. The number of aromatic amines is 2. The number of nitrogens with one attached hydrogen (secondary N) is 2. The zero-order valence-corrected chi connectivity index (χ0v) is 15.7. The summed E-state index contributed by atoms with van der Waals surface area (Å²) in [5.74, 6) is -0.497. The molecule has 2 heterocycles. The van der Waals surface area contributed by atoms with Crippen LogP contribution in [0.3, 0.4) is 0 Å². The topological polar surface area (TPSA) is 57.9 Å². The first-order chi connectivity index (χ1) is 12.5. The molecule has 0 saturated carbocycles. The van der Waals surface area contributed by atoms with Gasteiger partial charge in [-0.05, 0) is 47.9 Å². The molecule has 0 unspecified atom stereocenters. The van der Waals surface area contributed by atoms with Crippen LogP contribution in [-0.2, 0) is 30.3 Å². The van der Waals surface area contributed by atoms with Crippen molar-refractivity contribution in [3.63, 3.8) is 0 Å². The molecule has 4 nitrogen and oxygen atoms in total. The van der Waals surface area contributed by atoms with E-state index in [1.54, 1.807) is 12.4 Å². The molecule has 0 radical (unpaired) electrons. The number of rotatable bonds is 9. The minimum atomic E-state index is -3.01. The minimum Gasteiger partial charge on any atom is -0.503 e. The number of aromatic nitrogens is 2. The van der Waals surface area contributed by atoms with E-state index >= 15 is 0 Å². The molecular formula is C19H25BF2N2O2. The number of carbonyl (C=O) groups excluding carboxylic acids is 1. The number of carbonyl (C=O) groups is 1. The lowest BCUT2D eigenvalue weighted by atomic mass is 10.0. The average molecular weight is 362 g/mol.